The van der Waals surface area contributed by atoms with E-state index in [2.05, 4.69) is 11.4 Å². The lowest BCUT2D eigenvalue weighted by Crippen LogP contribution is -2.40. The normalized spacial score (nSPS) is 17.9. The molecule has 4 heteroatoms. The van der Waals surface area contributed by atoms with Crippen LogP contribution >= 0.6 is 11.3 Å². The number of thiophene rings is 1. The van der Waals surface area contributed by atoms with Crippen LogP contribution in [0.15, 0.2) is 40.5 Å². The Morgan fingerprint density at radius 2 is 2.37 bits per heavy atom. The molecule has 1 atom stereocenters. The van der Waals surface area contributed by atoms with Gasteiger partial charge < -0.3 is 9.73 Å². The predicted molar refractivity (Wildman–Crippen MR) is 75.2 cm³/mol. The van der Waals surface area contributed by atoms with Crippen molar-refractivity contribution >= 4 is 17.2 Å². The van der Waals surface area contributed by atoms with Gasteiger partial charge >= 0.3 is 0 Å². The average molecular weight is 275 g/mol. The van der Waals surface area contributed by atoms with E-state index in [4.69, 9.17) is 4.42 Å². The zero-order chi connectivity index (χ0) is 13.3. The summed E-state index contributed by atoms with van der Waals surface area (Å²) in [6.07, 6.45) is 6.14. The minimum atomic E-state index is -0.237. The van der Waals surface area contributed by atoms with E-state index in [1.807, 2.05) is 24.4 Å². The molecule has 0 spiro atoms. The number of nitrogens with one attached hydrogen (secondary N) is 1. The Morgan fingerprint density at radius 3 is 2.95 bits per heavy atom. The molecule has 2 heterocycles. The molecule has 1 aliphatic carbocycles. The molecule has 0 aromatic carbocycles. The fourth-order valence-electron chi connectivity index (χ4n) is 2.44. The van der Waals surface area contributed by atoms with Crippen molar-refractivity contribution in [2.24, 2.45) is 0 Å². The zero-order valence-electron chi connectivity index (χ0n) is 10.9. The smallest absolute Gasteiger partial charge is 0.231 e. The first-order valence-electron chi connectivity index (χ1n) is 6.57. The number of carbonyl (C=O) groups excluding carboxylic acids is 1. The van der Waals surface area contributed by atoms with Gasteiger partial charge in [0, 0.05) is 10.9 Å². The molecule has 0 bridgehead atoms. The van der Waals surface area contributed by atoms with Gasteiger partial charge in [0.15, 0.2) is 0 Å². The molecular weight excluding hydrogens is 258 g/mol. The van der Waals surface area contributed by atoms with E-state index >= 15 is 0 Å². The van der Waals surface area contributed by atoms with Crippen LogP contribution in [0, 0.1) is 0 Å². The maximum atomic E-state index is 12.4. The van der Waals surface area contributed by atoms with Gasteiger partial charge in [-0.1, -0.05) is 6.07 Å². The second-order valence-electron chi connectivity index (χ2n) is 5.27. The van der Waals surface area contributed by atoms with E-state index in [1.165, 1.54) is 4.88 Å². The summed E-state index contributed by atoms with van der Waals surface area (Å²) < 4.78 is 5.05. The van der Waals surface area contributed by atoms with Crippen LogP contribution in [0.1, 0.15) is 30.2 Å². The van der Waals surface area contributed by atoms with Crippen molar-refractivity contribution in [1.82, 2.24) is 5.32 Å². The number of carbonyl (C=O) groups is 1. The van der Waals surface area contributed by atoms with Gasteiger partial charge in [-0.05, 0) is 49.3 Å². The van der Waals surface area contributed by atoms with Gasteiger partial charge in [0.05, 0.1) is 17.9 Å². The largest absolute Gasteiger partial charge is 0.472 e. The van der Waals surface area contributed by atoms with Gasteiger partial charge in [-0.2, -0.15) is 0 Å². The van der Waals surface area contributed by atoms with Crippen LogP contribution < -0.4 is 5.32 Å². The Balaban J connectivity index is 1.62. The Morgan fingerprint density at radius 1 is 1.53 bits per heavy atom. The van der Waals surface area contributed by atoms with E-state index in [-0.39, 0.29) is 17.4 Å². The highest BCUT2D eigenvalue weighted by Crippen LogP contribution is 2.50. The average Bonchev–Trinajstić information content (AvgIpc) is 2.82. The number of amides is 1. The Labute approximate surface area is 116 Å². The molecule has 0 aliphatic heterocycles. The zero-order valence-corrected chi connectivity index (χ0v) is 11.7. The third kappa shape index (κ3) is 2.45. The highest BCUT2D eigenvalue weighted by molar-refractivity contribution is 7.10. The molecule has 1 fully saturated rings. The third-order valence-electron chi connectivity index (χ3n) is 3.68. The molecule has 2 aromatic rings. The van der Waals surface area contributed by atoms with Gasteiger partial charge in [-0.15, -0.1) is 11.3 Å². The van der Waals surface area contributed by atoms with Crippen LogP contribution in [-0.2, 0) is 16.6 Å². The first-order valence-corrected chi connectivity index (χ1v) is 7.45. The summed E-state index contributed by atoms with van der Waals surface area (Å²) in [5, 5.41) is 5.17. The van der Waals surface area contributed by atoms with Crippen molar-refractivity contribution in [1.29, 1.82) is 0 Å². The fraction of sp³-hybridized carbons (Fsp3) is 0.400. The van der Waals surface area contributed by atoms with Crippen LogP contribution in [0.3, 0.4) is 0 Å². The summed E-state index contributed by atoms with van der Waals surface area (Å²) in [6.45, 7) is 2.04. The van der Waals surface area contributed by atoms with Gasteiger partial charge in [0.25, 0.3) is 0 Å². The molecule has 100 valence electrons. The summed E-state index contributed by atoms with van der Waals surface area (Å²) in [7, 11) is 0. The van der Waals surface area contributed by atoms with Crippen molar-refractivity contribution in [3.63, 3.8) is 0 Å². The molecule has 2 aromatic heterocycles. The van der Waals surface area contributed by atoms with Crippen LogP contribution in [0.4, 0.5) is 0 Å². The van der Waals surface area contributed by atoms with Gasteiger partial charge in [0.1, 0.15) is 0 Å². The molecular formula is C15H17NO2S. The molecule has 1 aliphatic rings. The third-order valence-corrected chi connectivity index (χ3v) is 4.75. The second-order valence-corrected chi connectivity index (χ2v) is 6.22. The first kappa shape index (κ1) is 12.5. The highest BCUT2D eigenvalue weighted by atomic mass is 32.1. The monoisotopic (exact) mass is 275 g/mol. The molecule has 19 heavy (non-hydrogen) atoms. The van der Waals surface area contributed by atoms with Crippen molar-refractivity contribution in [3.05, 3.63) is 46.5 Å². The van der Waals surface area contributed by atoms with E-state index in [0.29, 0.717) is 0 Å². The van der Waals surface area contributed by atoms with Crippen LogP contribution in [0.5, 0.6) is 0 Å². The van der Waals surface area contributed by atoms with Gasteiger partial charge in [-0.3, -0.25) is 4.79 Å². The van der Waals surface area contributed by atoms with E-state index < -0.39 is 0 Å². The summed E-state index contributed by atoms with van der Waals surface area (Å²) in [5.41, 5.74) is 0.882. The summed E-state index contributed by atoms with van der Waals surface area (Å²) in [5.74, 6) is 0.172. The number of hydrogen-bond acceptors (Lipinski definition) is 3. The molecule has 1 unspecified atom stereocenters. The molecule has 0 saturated heterocycles. The molecule has 1 N–H and O–H groups in total. The Kier molecular flexibility index (Phi) is 3.19. The fourth-order valence-corrected chi connectivity index (χ4v) is 3.42. The molecule has 1 amide bonds. The minimum Gasteiger partial charge on any atom is -0.472 e. The highest BCUT2D eigenvalue weighted by Gasteiger charge is 2.52. The van der Waals surface area contributed by atoms with Crippen molar-refractivity contribution in [3.8, 4) is 0 Å². The summed E-state index contributed by atoms with van der Waals surface area (Å²) >= 11 is 1.68. The quantitative estimate of drug-likeness (QED) is 0.911. The number of rotatable bonds is 5. The van der Waals surface area contributed by atoms with Crippen molar-refractivity contribution in [2.75, 3.05) is 0 Å². The number of hydrogen-bond donors (Lipinski definition) is 1. The van der Waals surface area contributed by atoms with Crippen LogP contribution in [0.2, 0.25) is 0 Å². The van der Waals surface area contributed by atoms with E-state index in [0.717, 1.165) is 24.8 Å². The maximum absolute atomic E-state index is 12.4. The number of furan rings is 1. The lowest BCUT2D eigenvalue weighted by molar-refractivity contribution is -0.124. The molecule has 3 rings (SSSR count). The Hall–Kier alpha value is -1.55. The first-order chi connectivity index (χ1) is 9.21. The maximum Gasteiger partial charge on any atom is 0.231 e. The topological polar surface area (TPSA) is 42.2 Å². The van der Waals surface area contributed by atoms with Crippen LogP contribution in [-0.4, -0.2) is 11.9 Å². The van der Waals surface area contributed by atoms with Gasteiger partial charge in [0.2, 0.25) is 5.91 Å². The second kappa shape index (κ2) is 4.85. The SMILES string of the molecule is CC(Cc1ccoc1)NC(=O)C1(c2cccs2)CC1. The molecule has 1 saturated carbocycles. The van der Waals surface area contributed by atoms with Crippen molar-refractivity contribution in [2.45, 2.75) is 37.6 Å². The van der Waals surface area contributed by atoms with Gasteiger partial charge in [-0.25, -0.2) is 0 Å². The van der Waals surface area contributed by atoms with Crippen molar-refractivity contribution < 1.29 is 9.21 Å². The standard InChI is InChI=1S/C15H17NO2S/c1-11(9-12-4-7-18-10-12)16-14(17)15(5-6-15)13-3-2-8-19-13/h2-4,7-8,10-11H,5-6,9H2,1H3,(H,16,17). The summed E-state index contributed by atoms with van der Waals surface area (Å²) in [4.78, 5) is 13.6. The lowest BCUT2D eigenvalue weighted by Gasteiger charge is -2.18. The minimum absolute atomic E-state index is 0.127. The Bertz CT molecular complexity index is 541. The lowest BCUT2D eigenvalue weighted by atomic mass is 10.0. The molecule has 3 nitrogen and oxygen atoms in total. The summed E-state index contributed by atoms with van der Waals surface area (Å²) in [6, 6.07) is 6.15. The predicted octanol–water partition coefficient (Wildman–Crippen LogP) is 3.12. The van der Waals surface area contributed by atoms with E-state index in [1.54, 1.807) is 23.9 Å². The van der Waals surface area contributed by atoms with Crippen LogP contribution in [0.25, 0.3) is 0 Å². The molecule has 0 radical (unpaired) electrons. The van der Waals surface area contributed by atoms with E-state index in [9.17, 15) is 4.79 Å².